The Bertz CT molecular complexity index is 537. The third-order valence-electron chi connectivity index (χ3n) is 5.02. The molecular formula is C16H26N4O3. The van der Waals surface area contributed by atoms with Crippen LogP contribution >= 0.6 is 0 Å². The van der Waals surface area contributed by atoms with Crippen molar-refractivity contribution < 1.29 is 14.3 Å². The van der Waals surface area contributed by atoms with Gasteiger partial charge in [0.1, 0.15) is 5.69 Å². The molecule has 0 unspecified atom stereocenters. The number of carbonyl (C=O) groups is 1. The van der Waals surface area contributed by atoms with Crippen molar-refractivity contribution in [3.63, 3.8) is 0 Å². The van der Waals surface area contributed by atoms with Crippen molar-refractivity contribution in [2.75, 3.05) is 53.1 Å². The molecule has 2 saturated heterocycles. The molecule has 3 rings (SSSR count). The molecule has 1 aromatic heterocycles. The van der Waals surface area contributed by atoms with Crippen molar-refractivity contribution in [2.45, 2.75) is 18.4 Å². The standard InChI is InChI=1S/C16H26N4O3/c1-18-11-14(17-13-18)15(21)19-5-3-16(4-6-19)12-23-10-8-20(16)7-9-22-2/h11,13H,3-10,12H2,1-2H3. The average molecular weight is 322 g/mol. The number of aryl methyl sites for hydroxylation is 1. The molecule has 2 aliphatic heterocycles. The average Bonchev–Trinajstić information content (AvgIpc) is 3.01. The highest BCUT2D eigenvalue weighted by Crippen LogP contribution is 2.32. The Balaban J connectivity index is 1.63. The number of hydrogen-bond acceptors (Lipinski definition) is 5. The first-order valence-corrected chi connectivity index (χ1v) is 8.24. The van der Waals surface area contributed by atoms with Gasteiger partial charge in [-0.3, -0.25) is 9.69 Å². The van der Waals surface area contributed by atoms with Gasteiger partial charge in [0.25, 0.3) is 5.91 Å². The molecule has 128 valence electrons. The van der Waals surface area contributed by atoms with Gasteiger partial charge in [-0.05, 0) is 12.8 Å². The quantitative estimate of drug-likeness (QED) is 0.802. The SMILES string of the molecule is COCCN1CCOCC12CCN(C(=O)c1cn(C)cn1)CC2. The first-order valence-electron chi connectivity index (χ1n) is 8.24. The number of likely N-dealkylation sites (tertiary alicyclic amines) is 1. The van der Waals surface area contributed by atoms with Crippen LogP contribution in [0.1, 0.15) is 23.3 Å². The molecule has 0 saturated carbocycles. The molecule has 7 heteroatoms. The van der Waals surface area contributed by atoms with E-state index in [4.69, 9.17) is 9.47 Å². The van der Waals surface area contributed by atoms with Gasteiger partial charge in [0, 0.05) is 52.1 Å². The van der Waals surface area contributed by atoms with Crippen molar-refractivity contribution in [1.29, 1.82) is 0 Å². The molecule has 2 fully saturated rings. The highest BCUT2D eigenvalue weighted by atomic mass is 16.5. The van der Waals surface area contributed by atoms with E-state index in [0.29, 0.717) is 5.69 Å². The summed E-state index contributed by atoms with van der Waals surface area (Å²) in [6.07, 6.45) is 5.33. The fourth-order valence-corrected chi connectivity index (χ4v) is 3.59. The summed E-state index contributed by atoms with van der Waals surface area (Å²) in [5, 5.41) is 0. The smallest absolute Gasteiger partial charge is 0.274 e. The lowest BCUT2D eigenvalue weighted by Crippen LogP contribution is -2.62. The van der Waals surface area contributed by atoms with Gasteiger partial charge in [0.05, 0.1) is 26.1 Å². The van der Waals surface area contributed by atoms with E-state index in [1.165, 1.54) is 0 Å². The first-order chi connectivity index (χ1) is 11.1. The summed E-state index contributed by atoms with van der Waals surface area (Å²) < 4.78 is 12.8. The predicted molar refractivity (Wildman–Crippen MR) is 85.3 cm³/mol. The van der Waals surface area contributed by atoms with Gasteiger partial charge in [-0.15, -0.1) is 0 Å². The fraction of sp³-hybridized carbons (Fsp3) is 0.750. The van der Waals surface area contributed by atoms with E-state index >= 15 is 0 Å². The topological polar surface area (TPSA) is 59.8 Å². The van der Waals surface area contributed by atoms with Gasteiger partial charge in [0.15, 0.2) is 0 Å². The summed E-state index contributed by atoms with van der Waals surface area (Å²) >= 11 is 0. The van der Waals surface area contributed by atoms with Crippen LogP contribution in [0.15, 0.2) is 12.5 Å². The number of nitrogens with zero attached hydrogens (tertiary/aromatic N) is 4. The van der Waals surface area contributed by atoms with E-state index in [1.54, 1.807) is 24.2 Å². The summed E-state index contributed by atoms with van der Waals surface area (Å²) in [4.78, 5) is 21.1. The lowest BCUT2D eigenvalue weighted by molar-refractivity contribution is -0.0968. The molecule has 0 atom stereocenters. The maximum Gasteiger partial charge on any atom is 0.274 e. The zero-order valence-electron chi connectivity index (χ0n) is 14.0. The monoisotopic (exact) mass is 322 g/mol. The highest BCUT2D eigenvalue weighted by Gasteiger charge is 2.42. The summed E-state index contributed by atoms with van der Waals surface area (Å²) in [6, 6.07) is 0. The third-order valence-corrected chi connectivity index (χ3v) is 5.02. The number of morpholine rings is 1. The molecule has 0 bridgehead atoms. The Kier molecular flexibility index (Phi) is 4.99. The molecule has 0 radical (unpaired) electrons. The number of methoxy groups -OCH3 is 1. The molecule has 1 aromatic rings. The summed E-state index contributed by atoms with van der Waals surface area (Å²) in [6.45, 7) is 5.64. The maximum absolute atomic E-state index is 12.5. The van der Waals surface area contributed by atoms with Crippen LogP contribution in [0.4, 0.5) is 0 Å². The molecule has 7 nitrogen and oxygen atoms in total. The second-order valence-corrected chi connectivity index (χ2v) is 6.47. The number of piperidine rings is 1. The van der Waals surface area contributed by atoms with Crippen LogP contribution in [0.3, 0.4) is 0 Å². The zero-order chi connectivity index (χ0) is 16.3. The van der Waals surface area contributed by atoms with Crippen LogP contribution in [0.2, 0.25) is 0 Å². The first kappa shape index (κ1) is 16.4. The molecule has 0 aliphatic carbocycles. The molecule has 1 spiro atoms. The third kappa shape index (κ3) is 3.41. The van der Waals surface area contributed by atoms with E-state index in [0.717, 1.165) is 58.8 Å². The van der Waals surface area contributed by atoms with Crippen molar-refractivity contribution in [1.82, 2.24) is 19.4 Å². The largest absolute Gasteiger partial charge is 0.383 e. The Morgan fingerprint density at radius 1 is 1.39 bits per heavy atom. The van der Waals surface area contributed by atoms with E-state index in [1.807, 2.05) is 11.9 Å². The highest BCUT2D eigenvalue weighted by molar-refractivity contribution is 5.92. The summed E-state index contributed by atoms with van der Waals surface area (Å²) in [5.41, 5.74) is 0.581. The Labute approximate surface area is 137 Å². The van der Waals surface area contributed by atoms with Crippen LogP contribution in [0.5, 0.6) is 0 Å². The van der Waals surface area contributed by atoms with Crippen molar-refractivity contribution in [3.8, 4) is 0 Å². The van der Waals surface area contributed by atoms with E-state index in [9.17, 15) is 4.79 Å². The number of rotatable bonds is 4. The number of amides is 1. The molecule has 23 heavy (non-hydrogen) atoms. The van der Waals surface area contributed by atoms with Crippen LogP contribution in [0.25, 0.3) is 0 Å². The molecular weight excluding hydrogens is 296 g/mol. The summed E-state index contributed by atoms with van der Waals surface area (Å²) in [5.74, 6) is 0.0284. The Hall–Kier alpha value is -1.44. The molecule has 0 aromatic carbocycles. The molecule has 3 heterocycles. The van der Waals surface area contributed by atoms with Crippen molar-refractivity contribution in [2.24, 2.45) is 7.05 Å². The van der Waals surface area contributed by atoms with E-state index < -0.39 is 0 Å². The second kappa shape index (κ2) is 6.98. The number of carbonyl (C=O) groups excluding carboxylic acids is 1. The van der Waals surface area contributed by atoms with Crippen molar-refractivity contribution >= 4 is 5.91 Å². The molecule has 0 N–H and O–H groups in total. The lowest BCUT2D eigenvalue weighted by atomic mass is 9.85. The fourth-order valence-electron chi connectivity index (χ4n) is 3.59. The zero-order valence-corrected chi connectivity index (χ0v) is 14.0. The van der Waals surface area contributed by atoms with Crippen molar-refractivity contribution in [3.05, 3.63) is 18.2 Å². The van der Waals surface area contributed by atoms with Gasteiger partial charge in [-0.25, -0.2) is 4.98 Å². The van der Waals surface area contributed by atoms with E-state index in [2.05, 4.69) is 9.88 Å². The van der Waals surface area contributed by atoms with Crippen LogP contribution in [-0.2, 0) is 16.5 Å². The predicted octanol–water partition coefficient (Wildman–Crippen LogP) is 0.374. The molecule has 1 amide bonds. The minimum atomic E-state index is 0.0284. The van der Waals surface area contributed by atoms with Crippen LogP contribution in [0, 0.1) is 0 Å². The second-order valence-electron chi connectivity index (χ2n) is 6.47. The number of hydrogen-bond donors (Lipinski definition) is 0. The number of imidazole rings is 1. The summed E-state index contributed by atoms with van der Waals surface area (Å²) in [7, 11) is 3.61. The van der Waals surface area contributed by atoms with E-state index in [-0.39, 0.29) is 11.4 Å². The van der Waals surface area contributed by atoms with Crippen LogP contribution < -0.4 is 0 Å². The minimum absolute atomic E-state index is 0.0284. The van der Waals surface area contributed by atoms with Gasteiger partial charge in [0.2, 0.25) is 0 Å². The van der Waals surface area contributed by atoms with Gasteiger partial charge in [-0.1, -0.05) is 0 Å². The lowest BCUT2D eigenvalue weighted by Gasteiger charge is -2.51. The van der Waals surface area contributed by atoms with Gasteiger partial charge in [-0.2, -0.15) is 0 Å². The van der Waals surface area contributed by atoms with Crippen LogP contribution in [-0.4, -0.2) is 83.9 Å². The number of aromatic nitrogens is 2. The van der Waals surface area contributed by atoms with Gasteiger partial charge >= 0.3 is 0 Å². The maximum atomic E-state index is 12.5. The minimum Gasteiger partial charge on any atom is -0.383 e. The number of ether oxygens (including phenoxy) is 2. The Morgan fingerprint density at radius 3 is 2.83 bits per heavy atom. The Morgan fingerprint density at radius 2 is 2.17 bits per heavy atom. The van der Waals surface area contributed by atoms with Gasteiger partial charge < -0.3 is 18.9 Å². The normalized spacial score (nSPS) is 21.7. The molecule has 2 aliphatic rings.